The molecule has 0 saturated heterocycles. The maximum atomic E-state index is 6.20. The van der Waals surface area contributed by atoms with Crippen molar-refractivity contribution in [2.75, 3.05) is 0 Å². The molecular formula is C12H25N. The fourth-order valence-electron chi connectivity index (χ4n) is 2.81. The largest absolute Gasteiger partial charge is 0.327 e. The van der Waals surface area contributed by atoms with Crippen LogP contribution in [0.3, 0.4) is 0 Å². The second kappa shape index (κ2) is 3.61. The van der Waals surface area contributed by atoms with Crippen LogP contribution in [-0.4, -0.2) is 6.04 Å². The third-order valence-electron chi connectivity index (χ3n) is 3.56. The minimum atomic E-state index is 0.323. The zero-order chi connectivity index (χ0) is 10.1. The Morgan fingerprint density at radius 3 is 2.31 bits per heavy atom. The van der Waals surface area contributed by atoms with E-state index in [4.69, 9.17) is 5.73 Å². The van der Waals surface area contributed by atoms with Crippen molar-refractivity contribution >= 4 is 0 Å². The Bertz CT molecular complexity index is 170. The first kappa shape index (κ1) is 11.0. The van der Waals surface area contributed by atoms with Gasteiger partial charge in [0.15, 0.2) is 0 Å². The lowest BCUT2D eigenvalue weighted by Gasteiger charge is -2.41. The van der Waals surface area contributed by atoms with Crippen LogP contribution in [0.15, 0.2) is 0 Å². The molecule has 0 aromatic rings. The van der Waals surface area contributed by atoms with Crippen LogP contribution in [0.5, 0.6) is 0 Å². The Morgan fingerprint density at radius 2 is 1.69 bits per heavy atom. The first-order chi connectivity index (χ1) is 5.83. The molecule has 0 bridgehead atoms. The van der Waals surface area contributed by atoms with Crippen LogP contribution in [0.25, 0.3) is 0 Å². The van der Waals surface area contributed by atoms with E-state index in [-0.39, 0.29) is 0 Å². The van der Waals surface area contributed by atoms with E-state index in [1.807, 2.05) is 0 Å². The molecule has 2 N–H and O–H groups in total. The van der Waals surface area contributed by atoms with Crippen molar-refractivity contribution in [3.63, 3.8) is 0 Å². The fraction of sp³-hybridized carbons (Fsp3) is 1.00. The molecule has 1 nitrogen and oxygen atoms in total. The number of rotatable bonds is 0. The normalized spacial score (nSPS) is 33.5. The third-order valence-corrected chi connectivity index (χ3v) is 3.56. The summed E-state index contributed by atoms with van der Waals surface area (Å²) in [6.45, 7) is 9.41. The molecule has 0 heterocycles. The van der Waals surface area contributed by atoms with Gasteiger partial charge in [0, 0.05) is 6.04 Å². The van der Waals surface area contributed by atoms with Crippen LogP contribution in [0, 0.1) is 10.8 Å². The maximum absolute atomic E-state index is 6.20. The second-order valence-corrected chi connectivity index (χ2v) is 6.18. The topological polar surface area (TPSA) is 26.0 Å². The molecule has 1 unspecified atom stereocenters. The Hall–Kier alpha value is -0.0400. The standard InChI is InChI=1S/C12H25N/c1-11(2)8-6-5-7-10(13)12(3,4)9-11/h10H,5-9,13H2,1-4H3. The summed E-state index contributed by atoms with van der Waals surface area (Å²) in [6, 6.07) is 0.395. The Balaban J connectivity index is 2.70. The van der Waals surface area contributed by atoms with E-state index < -0.39 is 0 Å². The lowest BCUT2D eigenvalue weighted by molar-refractivity contribution is 0.126. The zero-order valence-corrected chi connectivity index (χ0v) is 9.69. The van der Waals surface area contributed by atoms with Crippen molar-refractivity contribution in [2.45, 2.75) is 65.8 Å². The summed E-state index contributed by atoms with van der Waals surface area (Å²) in [5.41, 5.74) is 7.01. The summed E-state index contributed by atoms with van der Waals surface area (Å²) < 4.78 is 0. The molecule has 1 aliphatic rings. The minimum absolute atomic E-state index is 0.323. The van der Waals surface area contributed by atoms with E-state index in [9.17, 15) is 0 Å². The highest BCUT2D eigenvalue weighted by Gasteiger charge is 2.34. The summed E-state index contributed by atoms with van der Waals surface area (Å²) in [7, 11) is 0. The summed E-state index contributed by atoms with van der Waals surface area (Å²) in [4.78, 5) is 0. The molecule has 1 saturated carbocycles. The van der Waals surface area contributed by atoms with Gasteiger partial charge in [-0.1, -0.05) is 40.5 Å². The van der Waals surface area contributed by atoms with Crippen molar-refractivity contribution in [3.05, 3.63) is 0 Å². The average Bonchev–Trinajstić information content (AvgIpc) is 1.94. The molecule has 0 radical (unpaired) electrons. The lowest BCUT2D eigenvalue weighted by atomic mass is 9.66. The number of hydrogen-bond donors (Lipinski definition) is 1. The molecule has 0 amide bonds. The molecule has 1 rings (SSSR count). The van der Waals surface area contributed by atoms with Crippen molar-refractivity contribution < 1.29 is 0 Å². The molecular weight excluding hydrogens is 158 g/mol. The van der Waals surface area contributed by atoms with Crippen LogP contribution in [-0.2, 0) is 0 Å². The van der Waals surface area contributed by atoms with Gasteiger partial charge in [0.25, 0.3) is 0 Å². The van der Waals surface area contributed by atoms with Gasteiger partial charge >= 0.3 is 0 Å². The van der Waals surface area contributed by atoms with Crippen molar-refractivity contribution in [2.24, 2.45) is 16.6 Å². The third kappa shape index (κ3) is 2.98. The summed E-state index contributed by atoms with van der Waals surface area (Å²) >= 11 is 0. The fourth-order valence-corrected chi connectivity index (χ4v) is 2.81. The quantitative estimate of drug-likeness (QED) is 0.612. The van der Waals surface area contributed by atoms with Crippen molar-refractivity contribution in [1.82, 2.24) is 0 Å². The van der Waals surface area contributed by atoms with Gasteiger partial charge in [-0.15, -0.1) is 0 Å². The molecule has 78 valence electrons. The predicted molar refractivity (Wildman–Crippen MR) is 58.6 cm³/mol. The molecule has 0 aromatic carbocycles. The van der Waals surface area contributed by atoms with Crippen LogP contribution < -0.4 is 5.73 Å². The van der Waals surface area contributed by atoms with E-state index in [2.05, 4.69) is 27.7 Å². The van der Waals surface area contributed by atoms with Gasteiger partial charge in [0.05, 0.1) is 0 Å². The average molecular weight is 183 g/mol. The molecule has 1 fully saturated rings. The minimum Gasteiger partial charge on any atom is -0.327 e. The molecule has 0 spiro atoms. The van der Waals surface area contributed by atoms with Crippen molar-refractivity contribution in [1.29, 1.82) is 0 Å². The van der Waals surface area contributed by atoms with Gasteiger partial charge in [-0.2, -0.15) is 0 Å². The summed E-state index contributed by atoms with van der Waals surface area (Å²) in [5, 5.41) is 0. The van der Waals surface area contributed by atoms with E-state index in [1.165, 1.54) is 32.1 Å². The van der Waals surface area contributed by atoms with Crippen LogP contribution in [0.4, 0.5) is 0 Å². The number of hydrogen-bond acceptors (Lipinski definition) is 1. The predicted octanol–water partition coefficient (Wildman–Crippen LogP) is 3.33. The van der Waals surface area contributed by atoms with E-state index in [1.54, 1.807) is 0 Å². The van der Waals surface area contributed by atoms with Gasteiger partial charge in [-0.25, -0.2) is 0 Å². The summed E-state index contributed by atoms with van der Waals surface area (Å²) in [6.07, 6.45) is 6.51. The highest BCUT2D eigenvalue weighted by molar-refractivity contribution is 4.88. The van der Waals surface area contributed by atoms with Gasteiger partial charge < -0.3 is 5.73 Å². The monoisotopic (exact) mass is 183 g/mol. The van der Waals surface area contributed by atoms with Crippen LogP contribution >= 0.6 is 0 Å². The highest BCUT2D eigenvalue weighted by Crippen LogP contribution is 2.41. The zero-order valence-electron chi connectivity index (χ0n) is 9.69. The first-order valence-electron chi connectivity index (χ1n) is 5.59. The van der Waals surface area contributed by atoms with E-state index in [0.717, 1.165) is 0 Å². The van der Waals surface area contributed by atoms with Crippen LogP contribution in [0.2, 0.25) is 0 Å². The van der Waals surface area contributed by atoms with Gasteiger partial charge in [-0.05, 0) is 30.1 Å². The molecule has 1 heteroatoms. The maximum Gasteiger partial charge on any atom is 0.00904 e. The smallest absolute Gasteiger partial charge is 0.00904 e. The van der Waals surface area contributed by atoms with Crippen molar-refractivity contribution in [3.8, 4) is 0 Å². The molecule has 13 heavy (non-hydrogen) atoms. The highest BCUT2D eigenvalue weighted by atomic mass is 14.7. The Kier molecular flexibility index (Phi) is 3.06. The Morgan fingerprint density at radius 1 is 1.08 bits per heavy atom. The van der Waals surface area contributed by atoms with Gasteiger partial charge in [0.1, 0.15) is 0 Å². The molecule has 1 aliphatic carbocycles. The van der Waals surface area contributed by atoms with Gasteiger partial charge in [0.2, 0.25) is 0 Å². The van der Waals surface area contributed by atoms with Gasteiger partial charge in [-0.3, -0.25) is 0 Å². The number of nitrogens with two attached hydrogens (primary N) is 1. The summed E-state index contributed by atoms with van der Waals surface area (Å²) in [5.74, 6) is 0. The Labute approximate surface area is 83.1 Å². The lowest BCUT2D eigenvalue weighted by Crippen LogP contribution is -2.41. The van der Waals surface area contributed by atoms with E-state index in [0.29, 0.717) is 16.9 Å². The SMILES string of the molecule is CC1(C)CCCCC(N)C(C)(C)C1. The molecule has 0 aliphatic heterocycles. The molecule has 1 atom stereocenters. The molecule has 0 aromatic heterocycles. The second-order valence-electron chi connectivity index (χ2n) is 6.18. The van der Waals surface area contributed by atoms with Crippen LogP contribution in [0.1, 0.15) is 59.8 Å². The first-order valence-corrected chi connectivity index (χ1v) is 5.59. The van der Waals surface area contributed by atoms with E-state index >= 15 is 0 Å².